The lowest BCUT2D eigenvalue weighted by Crippen LogP contribution is -2.35. The van der Waals surface area contributed by atoms with Crippen molar-refractivity contribution in [1.29, 1.82) is 0 Å². The fourth-order valence-electron chi connectivity index (χ4n) is 4.16. The van der Waals surface area contributed by atoms with Gasteiger partial charge in [-0.05, 0) is 41.5 Å². The van der Waals surface area contributed by atoms with Gasteiger partial charge in [0.15, 0.2) is 17.0 Å². The van der Waals surface area contributed by atoms with Gasteiger partial charge >= 0.3 is 0 Å². The highest BCUT2D eigenvalue weighted by molar-refractivity contribution is 6.31. The molecule has 0 bridgehead atoms. The summed E-state index contributed by atoms with van der Waals surface area (Å²) in [7, 11) is 3.64. The van der Waals surface area contributed by atoms with E-state index in [2.05, 4.69) is 15.3 Å². The molecule has 5 aromatic rings. The van der Waals surface area contributed by atoms with Gasteiger partial charge in [0.05, 0.1) is 12.9 Å². The Hall–Kier alpha value is -4.57. The van der Waals surface area contributed by atoms with E-state index in [9.17, 15) is 9.18 Å². The van der Waals surface area contributed by atoms with E-state index in [1.165, 1.54) is 12.1 Å². The molecule has 0 atom stereocenters. The third-order valence-electron chi connectivity index (χ3n) is 6.51. The Morgan fingerprint density at radius 3 is 2.50 bits per heavy atom. The van der Waals surface area contributed by atoms with Crippen molar-refractivity contribution in [2.24, 2.45) is 0 Å². The first-order chi connectivity index (χ1) is 19.4. The molecule has 0 aliphatic heterocycles. The molecule has 2 aromatic carbocycles. The Bertz CT molecular complexity index is 1610. The third kappa shape index (κ3) is 6.18. The second-order valence-corrected chi connectivity index (χ2v) is 9.78. The largest absolute Gasteiger partial charge is 0.364 e. The van der Waals surface area contributed by atoms with Crippen molar-refractivity contribution in [2.45, 2.75) is 13.1 Å². The summed E-state index contributed by atoms with van der Waals surface area (Å²) in [6, 6.07) is 17.3. The number of halogens is 2. The zero-order chi connectivity index (χ0) is 28.1. The Morgan fingerprint density at radius 2 is 1.75 bits per heavy atom. The first kappa shape index (κ1) is 27.0. The van der Waals surface area contributed by atoms with Crippen LogP contribution in [0.15, 0.2) is 79.4 Å². The van der Waals surface area contributed by atoms with Crippen molar-refractivity contribution in [3.8, 4) is 0 Å². The lowest BCUT2D eigenvalue weighted by molar-refractivity contribution is 0.0798. The van der Waals surface area contributed by atoms with Crippen LogP contribution >= 0.6 is 11.6 Å². The van der Waals surface area contributed by atoms with Crippen molar-refractivity contribution in [2.75, 3.05) is 37.4 Å². The predicted molar refractivity (Wildman–Crippen MR) is 154 cm³/mol. The highest BCUT2D eigenvalue weighted by Gasteiger charge is 2.18. The molecule has 0 aliphatic rings. The van der Waals surface area contributed by atoms with Gasteiger partial charge in [0.25, 0.3) is 5.91 Å². The van der Waals surface area contributed by atoms with Crippen molar-refractivity contribution in [3.05, 3.63) is 107 Å². The normalized spacial score (nSPS) is 11.0. The van der Waals surface area contributed by atoms with Gasteiger partial charge in [-0.15, -0.1) is 0 Å². The summed E-state index contributed by atoms with van der Waals surface area (Å²) < 4.78 is 15.3. The Labute approximate surface area is 236 Å². The molecule has 0 saturated carbocycles. The molecule has 0 fully saturated rings. The van der Waals surface area contributed by atoms with Gasteiger partial charge in [0.2, 0.25) is 5.95 Å². The first-order valence-electron chi connectivity index (χ1n) is 12.7. The van der Waals surface area contributed by atoms with E-state index in [1.807, 2.05) is 40.8 Å². The molecule has 0 aliphatic carbocycles. The number of imidazole rings is 1. The number of carbonyl (C=O) groups excluding carboxylic acids is 1. The molecule has 0 saturated heterocycles. The van der Waals surface area contributed by atoms with E-state index in [1.54, 1.807) is 54.9 Å². The number of hydrogen-bond acceptors (Lipinski definition) is 7. The molecule has 3 heterocycles. The number of anilines is 2. The number of aromatic nitrogens is 5. The lowest BCUT2D eigenvalue weighted by atomic mass is 10.2. The number of nitrogens with one attached hydrogen (secondary N) is 1. The highest BCUT2D eigenvalue weighted by atomic mass is 35.5. The van der Waals surface area contributed by atoms with Crippen molar-refractivity contribution >= 4 is 40.4 Å². The Morgan fingerprint density at radius 1 is 1.00 bits per heavy atom. The van der Waals surface area contributed by atoms with Crippen LogP contribution in [0.25, 0.3) is 11.2 Å². The smallest absolute Gasteiger partial charge is 0.253 e. The summed E-state index contributed by atoms with van der Waals surface area (Å²) >= 11 is 6.43. The van der Waals surface area contributed by atoms with E-state index in [0.717, 1.165) is 11.1 Å². The molecule has 204 valence electrons. The average Bonchev–Trinajstić information content (AvgIpc) is 3.39. The van der Waals surface area contributed by atoms with Crippen LogP contribution in [-0.2, 0) is 13.1 Å². The zero-order valence-electron chi connectivity index (χ0n) is 22.1. The monoisotopic (exact) mass is 558 g/mol. The van der Waals surface area contributed by atoms with Crippen LogP contribution in [0.1, 0.15) is 21.5 Å². The van der Waals surface area contributed by atoms with Crippen LogP contribution in [0, 0.1) is 5.82 Å². The molecule has 11 heteroatoms. The maximum atomic E-state index is 13.4. The number of fused-ring (bicyclic) bond motifs is 1. The standard InChI is InChI=1S/C29H28ClFN8O/c1-37(28(40)21-11-13-32-14-12-21)15-16-38(2)29-35-26(33-17-20-7-9-23(31)10-8-20)25-27(36-29)39(19-34-25)18-22-5-3-4-6-24(22)30/h3-14,19H,15-18H2,1-2H3,(H,33,35,36). The molecule has 0 radical (unpaired) electrons. The molecular formula is C29H28ClFN8O. The van der Waals surface area contributed by atoms with Crippen LogP contribution < -0.4 is 10.2 Å². The summed E-state index contributed by atoms with van der Waals surface area (Å²) in [5.74, 6) is 0.643. The molecule has 1 amide bonds. The number of rotatable bonds is 10. The fraction of sp³-hybridized carbons (Fsp3) is 0.207. The number of likely N-dealkylation sites (N-methyl/N-ethyl adjacent to an activating group) is 2. The van der Waals surface area contributed by atoms with E-state index >= 15 is 0 Å². The van der Waals surface area contributed by atoms with E-state index < -0.39 is 0 Å². The van der Waals surface area contributed by atoms with Gasteiger partial charge in [-0.25, -0.2) is 9.37 Å². The highest BCUT2D eigenvalue weighted by Crippen LogP contribution is 2.25. The molecular weight excluding hydrogens is 531 g/mol. The minimum Gasteiger partial charge on any atom is -0.364 e. The average molecular weight is 559 g/mol. The minimum absolute atomic E-state index is 0.0911. The molecule has 9 nitrogen and oxygen atoms in total. The number of nitrogens with zero attached hydrogens (tertiary/aromatic N) is 7. The summed E-state index contributed by atoms with van der Waals surface area (Å²) in [6.07, 6.45) is 4.92. The van der Waals surface area contributed by atoms with E-state index in [0.29, 0.717) is 59.7 Å². The Kier molecular flexibility index (Phi) is 8.16. The van der Waals surface area contributed by atoms with Gasteiger partial charge < -0.3 is 19.7 Å². The van der Waals surface area contributed by atoms with E-state index in [4.69, 9.17) is 21.6 Å². The Balaban J connectivity index is 1.41. The topological polar surface area (TPSA) is 92.1 Å². The quantitative estimate of drug-likeness (QED) is 0.261. The number of pyridine rings is 1. The predicted octanol–water partition coefficient (Wildman–Crippen LogP) is 4.88. The maximum absolute atomic E-state index is 13.4. The summed E-state index contributed by atoms with van der Waals surface area (Å²) in [4.78, 5) is 34.5. The lowest BCUT2D eigenvalue weighted by Gasteiger charge is -2.23. The zero-order valence-corrected chi connectivity index (χ0v) is 22.9. The van der Waals surface area contributed by atoms with Crippen LogP contribution in [-0.4, -0.2) is 62.5 Å². The van der Waals surface area contributed by atoms with Crippen LogP contribution in [0.3, 0.4) is 0 Å². The second kappa shape index (κ2) is 12.1. The van der Waals surface area contributed by atoms with Crippen molar-refractivity contribution < 1.29 is 9.18 Å². The minimum atomic E-state index is -0.289. The van der Waals surface area contributed by atoms with Gasteiger partial charge in [-0.1, -0.05) is 41.9 Å². The summed E-state index contributed by atoms with van der Waals surface area (Å²) in [6.45, 7) is 1.86. The molecule has 0 spiro atoms. The first-order valence-corrected chi connectivity index (χ1v) is 13.1. The van der Waals surface area contributed by atoms with E-state index in [-0.39, 0.29) is 11.7 Å². The number of amides is 1. The van der Waals surface area contributed by atoms with Gasteiger partial charge in [0, 0.05) is 56.7 Å². The van der Waals surface area contributed by atoms with Gasteiger partial charge in [0.1, 0.15) is 5.82 Å². The molecule has 1 N–H and O–H groups in total. The fourth-order valence-corrected chi connectivity index (χ4v) is 4.35. The van der Waals surface area contributed by atoms with Crippen LogP contribution in [0.2, 0.25) is 5.02 Å². The van der Waals surface area contributed by atoms with Crippen LogP contribution in [0.4, 0.5) is 16.2 Å². The number of benzene rings is 2. The van der Waals surface area contributed by atoms with Crippen molar-refractivity contribution in [1.82, 2.24) is 29.4 Å². The molecule has 3 aromatic heterocycles. The van der Waals surface area contributed by atoms with Gasteiger partial charge in [-0.2, -0.15) is 9.97 Å². The molecule has 5 rings (SSSR count). The second-order valence-electron chi connectivity index (χ2n) is 9.37. The molecule has 40 heavy (non-hydrogen) atoms. The molecule has 0 unspecified atom stereocenters. The third-order valence-corrected chi connectivity index (χ3v) is 6.88. The maximum Gasteiger partial charge on any atom is 0.253 e. The SMILES string of the molecule is CN(CCN(C)c1nc(NCc2ccc(F)cc2)c2ncn(Cc3ccccc3Cl)c2n1)C(=O)c1ccncc1. The van der Waals surface area contributed by atoms with Crippen LogP contribution in [0.5, 0.6) is 0 Å². The van der Waals surface area contributed by atoms with Crippen molar-refractivity contribution in [3.63, 3.8) is 0 Å². The summed E-state index contributed by atoms with van der Waals surface area (Å²) in [5, 5.41) is 4.00. The van der Waals surface area contributed by atoms with Gasteiger partial charge in [-0.3, -0.25) is 9.78 Å². The number of hydrogen-bond donors (Lipinski definition) is 1. The number of carbonyl (C=O) groups is 1. The summed E-state index contributed by atoms with van der Waals surface area (Å²) in [5.41, 5.74) is 3.66.